The van der Waals surface area contributed by atoms with Crippen LogP contribution in [-0.2, 0) is 0 Å². The molecule has 98 valence electrons. The quantitative estimate of drug-likeness (QED) is 0.459. The molecule has 1 aliphatic carbocycles. The highest BCUT2D eigenvalue weighted by molar-refractivity contribution is 5.79. The van der Waals surface area contributed by atoms with Crippen LogP contribution < -0.4 is 10.2 Å². The molecule has 0 spiro atoms. The lowest BCUT2D eigenvalue weighted by molar-refractivity contribution is 0.210. The van der Waals surface area contributed by atoms with Gasteiger partial charge in [0.05, 0.1) is 25.5 Å². The summed E-state index contributed by atoms with van der Waals surface area (Å²) >= 11 is 0. The van der Waals surface area contributed by atoms with Crippen molar-refractivity contribution in [2.75, 3.05) is 13.2 Å². The zero-order valence-corrected chi connectivity index (χ0v) is 10.5. The first-order valence-corrected chi connectivity index (χ1v) is 6.52. The monoisotopic (exact) mass is 248 g/mol. The Hall–Kier alpha value is -1.55. The van der Waals surface area contributed by atoms with E-state index in [2.05, 4.69) is 10.5 Å². The van der Waals surface area contributed by atoms with Gasteiger partial charge in [0.1, 0.15) is 5.75 Å². The van der Waals surface area contributed by atoms with Crippen LogP contribution in [0.3, 0.4) is 0 Å². The minimum Gasteiger partial charge on any atom is -0.490 e. The molecule has 1 fully saturated rings. The van der Waals surface area contributed by atoms with E-state index in [1.165, 1.54) is 25.7 Å². The fourth-order valence-corrected chi connectivity index (χ4v) is 2.07. The molecule has 0 radical (unpaired) electrons. The molecule has 0 aromatic heterocycles. The highest BCUT2D eigenvalue weighted by atomic mass is 16.5. The first kappa shape index (κ1) is 12.9. The van der Waals surface area contributed by atoms with Gasteiger partial charge >= 0.3 is 0 Å². The summed E-state index contributed by atoms with van der Waals surface area (Å²) in [5.41, 5.74) is 3.76. The highest BCUT2D eigenvalue weighted by Gasteiger charge is 2.15. The zero-order chi connectivity index (χ0) is 12.6. The third-order valence-electron chi connectivity index (χ3n) is 3.01. The lowest BCUT2D eigenvalue weighted by atomic mass is 10.2. The summed E-state index contributed by atoms with van der Waals surface area (Å²) in [6.45, 7) is 0.560. The number of aliphatic hydroxyl groups is 1. The number of rotatable bonds is 6. The van der Waals surface area contributed by atoms with Gasteiger partial charge in [0.2, 0.25) is 0 Å². The van der Waals surface area contributed by atoms with E-state index < -0.39 is 0 Å². The Morgan fingerprint density at radius 2 is 2.00 bits per heavy atom. The summed E-state index contributed by atoms with van der Waals surface area (Å²) in [6, 6.07) is 7.92. The highest BCUT2D eigenvalue weighted by Crippen LogP contribution is 2.23. The molecule has 1 aliphatic rings. The molecular weight excluding hydrogens is 228 g/mol. The van der Waals surface area contributed by atoms with Crippen LogP contribution in [-0.4, -0.2) is 30.6 Å². The summed E-state index contributed by atoms with van der Waals surface area (Å²) in [5, 5.41) is 12.6. The fourth-order valence-electron chi connectivity index (χ4n) is 2.07. The van der Waals surface area contributed by atoms with Crippen molar-refractivity contribution in [3.8, 4) is 5.75 Å². The topological polar surface area (TPSA) is 53.8 Å². The molecule has 2 N–H and O–H groups in total. The molecule has 1 aromatic carbocycles. The lowest BCUT2D eigenvalue weighted by Crippen LogP contribution is -2.11. The number of nitrogens with zero attached hydrogens (tertiary/aromatic N) is 1. The van der Waals surface area contributed by atoms with Gasteiger partial charge in [-0.05, 0) is 55.5 Å². The Balaban J connectivity index is 1.82. The number of hydrogen-bond donors (Lipinski definition) is 2. The van der Waals surface area contributed by atoms with Gasteiger partial charge in [0, 0.05) is 0 Å². The molecule has 0 saturated heterocycles. The second kappa shape index (κ2) is 7.01. The van der Waals surface area contributed by atoms with E-state index in [0.717, 1.165) is 11.3 Å². The Morgan fingerprint density at radius 3 is 2.67 bits per heavy atom. The zero-order valence-electron chi connectivity index (χ0n) is 10.5. The molecule has 4 heteroatoms. The van der Waals surface area contributed by atoms with Crippen LogP contribution in [0.2, 0.25) is 0 Å². The van der Waals surface area contributed by atoms with E-state index in [1.54, 1.807) is 6.21 Å². The van der Waals surface area contributed by atoms with E-state index in [0.29, 0.717) is 12.6 Å². The predicted octanol–water partition coefficient (Wildman–Crippen LogP) is 1.92. The van der Waals surface area contributed by atoms with Crippen LogP contribution >= 0.6 is 0 Å². The van der Waals surface area contributed by atoms with Crippen LogP contribution in [0.1, 0.15) is 31.2 Å². The molecule has 0 amide bonds. The molecule has 18 heavy (non-hydrogen) atoms. The van der Waals surface area contributed by atoms with Crippen molar-refractivity contribution in [3.63, 3.8) is 0 Å². The summed E-state index contributed by atoms with van der Waals surface area (Å²) < 4.78 is 5.88. The number of aliphatic hydroxyl groups excluding tert-OH is 1. The molecule has 0 aliphatic heterocycles. The van der Waals surface area contributed by atoms with Gasteiger partial charge in [-0.3, -0.25) is 0 Å². The van der Waals surface area contributed by atoms with E-state index in [9.17, 15) is 0 Å². The minimum atomic E-state index is 0.0888. The Labute approximate surface area is 108 Å². The Kier molecular flexibility index (Phi) is 5.02. The fraction of sp³-hybridized carbons (Fsp3) is 0.500. The number of hydrazone groups is 1. The molecule has 0 atom stereocenters. The molecule has 2 rings (SSSR count). The molecule has 1 aromatic rings. The van der Waals surface area contributed by atoms with Gasteiger partial charge in [-0.15, -0.1) is 0 Å². The average Bonchev–Trinajstić information content (AvgIpc) is 2.89. The van der Waals surface area contributed by atoms with Crippen LogP contribution in [0.15, 0.2) is 29.4 Å². The van der Waals surface area contributed by atoms with E-state index >= 15 is 0 Å². The van der Waals surface area contributed by atoms with E-state index in [-0.39, 0.29) is 6.61 Å². The van der Waals surface area contributed by atoms with Crippen molar-refractivity contribution in [3.05, 3.63) is 29.8 Å². The first-order chi connectivity index (χ1) is 8.88. The third-order valence-corrected chi connectivity index (χ3v) is 3.01. The molecule has 4 nitrogen and oxygen atoms in total. The predicted molar refractivity (Wildman–Crippen MR) is 72.0 cm³/mol. The molecular formula is C14H20N2O2. The molecule has 0 heterocycles. The molecule has 0 bridgehead atoms. The third kappa shape index (κ3) is 4.04. The normalized spacial score (nSPS) is 16.3. The van der Waals surface area contributed by atoms with E-state index in [4.69, 9.17) is 9.84 Å². The summed E-state index contributed by atoms with van der Waals surface area (Å²) in [5.74, 6) is 0.933. The second-order valence-electron chi connectivity index (χ2n) is 4.48. The van der Waals surface area contributed by atoms with Gasteiger partial charge in [-0.25, -0.2) is 0 Å². The minimum absolute atomic E-state index is 0.0888. The van der Waals surface area contributed by atoms with Crippen molar-refractivity contribution < 1.29 is 9.84 Å². The number of ether oxygens (including phenoxy) is 1. The van der Waals surface area contributed by atoms with Crippen molar-refractivity contribution in [2.24, 2.45) is 5.10 Å². The maximum absolute atomic E-state index is 8.58. The van der Waals surface area contributed by atoms with Crippen molar-refractivity contribution in [1.29, 1.82) is 0 Å². The largest absolute Gasteiger partial charge is 0.490 e. The number of benzene rings is 1. The van der Waals surface area contributed by atoms with Gasteiger partial charge in [-0.2, -0.15) is 5.10 Å². The average molecular weight is 248 g/mol. The standard InChI is InChI=1S/C14H20N2O2/c17-10-9-15-16-11-12-5-7-14(8-6-12)18-13-3-1-2-4-13/h5-8,11,13,15,17H,1-4,9-10H2. The van der Waals surface area contributed by atoms with E-state index in [1.807, 2.05) is 24.3 Å². The number of hydrogen-bond acceptors (Lipinski definition) is 4. The van der Waals surface area contributed by atoms with Gasteiger partial charge in [0.25, 0.3) is 0 Å². The van der Waals surface area contributed by atoms with Crippen LogP contribution in [0.5, 0.6) is 5.75 Å². The SMILES string of the molecule is OCCNN=Cc1ccc(OC2CCCC2)cc1. The first-order valence-electron chi connectivity index (χ1n) is 6.52. The van der Waals surface area contributed by atoms with Gasteiger partial charge in [0.15, 0.2) is 0 Å². The van der Waals surface area contributed by atoms with Crippen molar-refractivity contribution in [1.82, 2.24) is 5.43 Å². The molecule has 1 saturated carbocycles. The van der Waals surface area contributed by atoms with Crippen molar-refractivity contribution in [2.45, 2.75) is 31.8 Å². The molecule has 0 unspecified atom stereocenters. The Morgan fingerprint density at radius 1 is 1.28 bits per heavy atom. The summed E-state index contributed by atoms with van der Waals surface area (Å²) in [7, 11) is 0. The number of nitrogens with one attached hydrogen (secondary N) is 1. The maximum Gasteiger partial charge on any atom is 0.119 e. The Bertz CT molecular complexity index is 370. The van der Waals surface area contributed by atoms with Crippen LogP contribution in [0.4, 0.5) is 0 Å². The van der Waals surface area contributed by atoms with Gasteiger partial charge in [-0.1, -0.05) is 0 Å². The smallest absolute Gasteiger partial charge is 0.119 e. The van der Waals surface area contributed by atoms with Gasteiger partial charge < -0.3 is 15.3 Å². The summed E-state index contributed by atoms with van der Waals surface area (Å²) in [6.07, 6.45) is 7.05. The summed E-state index contributed by atoms with van der Waals surface area (Å²) in [4.78, 5) is 0. The lowest BCUT2D eigenvalue weighted by Gasteiger charge is -2.12. The van der Waals surface area contributed by atoms with Crippen molar-refractivity contribution >= 4 is 6.21 Å². The van der Waals surface area contributed by atoms with Crippen LogP contribution in [0, 0.1) is 0 Å². The second-order valence-corrected chi connectivity index (χ2v) is 4.48. The van der Waals surface area contributed by atoms with Crippen LogP contribution in [0.25, 0.3) is 0 Å². The maximum atomic E-state index is 8.58.